The molecule has 0 atom stereocenters. The van der Waals surface area contributed by atoms with Crippen LogP contribution >= 0.6 is 0 Å². The maximum atomic E-state index is 12.4. The lowest BCUT2D eigenvalue weighted by molar-refractivity contribution is 0.254. The van der Waals surface area contributed by atoms with E-state index in [1.54, 1.807) is 10.8 Å². The molecule has 112 valence electrons. The van der Waals surface area contributed by atoms with Gasteiger partial charge in [-0.2, -0.15) is 0 Å². The Hall–Kier alpha value is -2.56. The molecule has 5 heteroatoms. The molecule has 0 aliphatic heterocycles. The Balaban J connectivity index is 1.61. The molecule has 3 aromatic rings. The zero-order valence-electron chi connectivity index (χ0n) is 12.6. The van der Waals surface area contributed by atoms with E-state index in [4.69, 9.17) is 4.52 Å². The molecule has 0 saturated heterocycles. The van der Waals surface area contributed by atoms with Crippen LogP contribution in [0.3, 0.4) is 0 Å². The van der Waals surface area contributed by atoms with Crippen LogP contribution in [0.1, 0.15) is 31.1 Å². The molecule has 0 unspecified atom stereocenters. The number of rotatable bonds is 2. The van der Waals surface area contributed by atoms with Crippen LogP contribution in [0.5, 0.6) is 0 Å². The number of hydrogen-bond acceptors (Lipinski definition) is 3. The molecule has 1 saturated carbocycles. The Bertz CT molecular complexity index is 871. The van der Waals surface area contributed by atoms with Gasteiger partial charge in [0.25, 0.3) is 0 Å². The van der Waals surface area contributed by atoms with Gasteiger partial charge in [-0.05, 0) is 37.5 Å². The number of carbonyl (C=O) groups excluding carboxylic acids is 1. The minimum absolute atomic E-state index is 0.104. The van der Waals surface area contributed by atoms with Crippen LogP contribution in [-0.4, -0.2) is 15.8 Å². The second-order valence-corrected chi connectivity index (χ2v) is 6.26. The summed E-state index contributed by atoms with van der Waals surface area (Å²) in [7, 11) is 0. The van der Waals surface area contributed by atoms with Crippen molar-refractivity contribution in [2.24, 2.45) is 0 Å². The summed E-state index contributed by atoms with van der Waals surface area (Å²) in [5.41, 5.74) is 2.14. The molecule has 4 rings (SSSR count). The van der Waals surface area contributed by atoms with Gasteiger partial charge in [0.2, 0.25) is 0 Å². The molecular formula is C17H17N3O2. The molecule has 0 bridgehead atoms. The summed E-state index contributed by atoms with van der Waals surface area (Å²) in [4.78, 5) is 12.4. The predicted molar refractivity (Wildman–Crippen MR) is 84.2 cm³/mol. The summed E-state index contributed by atoms with van der Waals surface area (Å²) < 4.78 is 6.94. The van der Waals surface area contributed by atoms with Crippen LogP contribution in [0.15, 0.2) is 41.1 Å². The summed E-state index contributed by atoms with van der Waals surface area (Å²) in [6.45, 7) is 4.17. The van der Waals surface area contributed by atoms with Crippen molar-refractivity contribution in [1.29, 1.82) is 0 Å². The topological polar surface area (TPSA) is 60.1 Å². The van der Waals surface area contributed by atoms with Gasteiger partial charge < -0.3 is 4.52 Å². The van der Waals surface area contributed by atoms with Crippen molar-refractivity contribution in [3.63, 3.8) is 0 Å². The van der Waals surface area contributed by atoms with E-state index in [0.29, 0.717) is 5.82 Å². The highest BCUT2D eigenvalue weighted by Gasteiger charge is 2.43. The van der Waals surface area contributed by atoms with Gasteiger partial charge in [0.15, 0.2) is 5.82 Å². The Kier molecular flexibility index (Phi) is 2.66. The largest absolute Gasteiger partial charge is 0.359 e. The fourth-order valence-corrected chi connectivity index (χ4v) is 2.72. The van der Waals surface area contributed by atoms with E-state index in [0.717, 1.165) is 35.1 Å². The smallest absolute Gasteiger partial charge is 0.331 e. The monoisotopic (exact) mass is 295 g/mol. The average Bonchev–Trinajstić information content (AvgIpc) is 2.93. The number of carbonyl (C=O) groups is 1. The maximum Gasteiger partial charge on any atom is 0.331 e. The van der Waals surface area contributed by atoms with Gasteiger partial charge >= 0.3 is 6.03 Å². The van der Waals surface area contributed by atoms with Crippen molar-refractivity contribution < 1.29 is 9.32 Å². The molecule has 2 aromatic heterocycles. The van der Waals surface area contributed by atoms with E-state index in [1.165, 1.54) is 0 Å². The predicted octanol–water partition coefficient (Wildman–Crippen LogP) is 4.07. The zero-order chi connectivity index (χ0) is 15.3. The first-order valence-corrected chi connectivity index (χ1v) is 7.42. The van der Waals surface area contributed by atoms with E-state index in [1.807, 2.05) is 37.3 Å². The SMILES string of the molecule is Cc1cccc2c1ccn2C(=O)Nc1cc(C2(C)CC2)on1. The second kappa shape index (κ2) is 4.47. The minimum Gasteiger partial charge on any atom is -0.359 e. The van der Waals surface area contributed by atoms with Gasteiger partial charge in [0.05, 0.1) is 5.52 Å². The summed E-state index contributed by atoms with van der Waals surface area (Å²) in [5, 5.41) is 7.82. The quantitative estimate of drug-likeness (QED) is 0.775. The third-order valence-corrected chi connectivity index (χ3v) is 4.51. The third-order valence-electron chi connectivity index (χ3n) is 4.51. The summed E-state index contributed by atoms with van der Waals surface area (Å²) in [6.07, 6.45) is 3.99. The Morgan fingerprint density at radius 2 is 2.18 bits per heavy atom. The van der Waals surface area contributed by atoms with Gasteiger partial charge in [0.1, 0.15) is 5.76 Å². The van der Waals surface area contributed by atoms with Crippen LogP contribution in [-0.2, 0) is 5.41 Å². The Morgan fingerprint density at radius 1 is 1.36 bits per heavy atom. The normalized spacial score (nSPS) is 15.9. The van der Waals surface area contributed by atoms with Crippen molar-refractivity contribution in [3.05, 3.63) is 47.9 Å². The van der Waals surface area contributed by atoms with Crippen LogP contribution in [0.2, 0.25) is 0 Å². The fraction of sp³-hybridized carbons (Fsp3) is 0.294. The fourth-order valence-electron chi connectivity index (χ4n) is 2.72. The summed E-state index contributed by atoms with van der Waals surface area (Å²) in [5.74, 6) is 1.30. The van der Waals surface area contributed by atoms with Gasteiger partial charge in [-0.1, -0.05) is 24.2 Å². The van der Waals surface area contributed by atoms with Crippen LogP contribution in [0.4, 0.5) is 10.6 Å². The van der Waals surface area contributed by atoms with E-state index >= 15 is 0 Å². The molecule has 1 aliphatic rings. The summed E-state index contributed by atoms with van der Waals surface area (Å²) >= 11 is 0. The van der Waals surface area contributed by atoms with E-state index in [9.17, 15) is 4.79 Å². The number of fused-ring (bicyclic) bond motifs is 1. The lowest BCUT2D eigenvalue weighted by atomic mass is 10.1. The van der Waals surface area contributed by atoms with Crippen LogP contribution in [0.25, 0.3) is 10.9 Å². The zero-order valence-corrected chi connectivity index (χ0v) is 12.6. The first kappa shape index (κ1) is 13.1. The van der Waals surface area contributed by atoms with Crippen molar-refractivity contribution in [2.75, 3.05) is 5.32 Å². The van der Waals surface area contributed by atoms with E-state index in [2.05, 4.69) is 17.4 Å². The van der Waals surface area contributed by atoms with Crippen molar-refractivity contribution in [1.82, 2.24) is 9.72 Å². The minimum atomic E-state index is -0.235. The molecule has 1 N–H and O–H groups in total. The van der Waals surface area contributed by atoms with Crippen LogP contribution < -0.4 is 5.32 Å². The van der Waals surface area contributed by atoms with Crippen molar-refractivity contribution in [3.8, 4) is 0 Å². The Morgan fingerprint density at radius 3 is 2.95 bits per heavy atom. The number of amides is 1. The molecule has 22 heavy (non-hydrogen) atoms. The van der Waals surface area contributed by atoms with Gasteiger partial charge in [-0.25, -0.2) is 4.79 Å². The first-order valence-electron chi connectivity index (χ1n) is 7.42. The van der Waals surface area contributed by atoms with Crippen LogP contribution in [0, 0.1) is 6.92 Å². The third kappa shape index (κ3) is 2.01. The number of benzene rings is 1. The van der Waals surface area contributed by atoms with E-state index < -0.39 is 0 Å². The molecule has 1 aromatic carbocycles. The molecular weight excluding hydrogens is 278 g/mol. The van der Waals surface area contributed by atoms with E-state index in [-0.39, 0.29) is 11.4 Å². The maximum absolute atomic E-state index is 12.4. The lowest BCUT2D eigenvalue weighted by Crippen LogP contribution is -2.18. The standard InChI is InChI=1S/C17H17N3O2/c1-11-4-3-5-13-12(11)6-9-20(13)16(21)18-15-10-14(22-19-15)17(2)7-8-17/h3-6,9-10H,7-8H2,1-2H3,(H,18,19,21). The van der Waals surface area contributed by atoms with Crippen molar-refractivity contribution >= 4 is 22.8 Å². The Labute approximate surface area is 127 Å². The van der Waals surface area contributed by atoms with Gasteiger partial charge in [-0.3, -0.25) is 9.88 Å². The number of nitrogens with zero attached hydrogens (tertiary/aromatic N) is 2. The highest BCUT2D eigenvalue weighted by Crippen LogP contribution is 2.48. The number of hydrogen-bond donors (Lipinski definition) is 1. The lowest BCUT2D eigenvalue weighted by Gasteiger charge is -2.04. The molecule has 1 amide bonds. The second-order valence-electron chi connectivity index (χ2n) is 6.26. The van der Waals surface area contributed by atoms with Gasteiger partial charge in [-0.15, -0.1) is 0 Å². The molecule has 0 spiro atoms. The van der Waals surface area contributed by atoms with Gasteiger partial charge in [0, 0.05) is 23.1 Å². The highest BCUT2D eigenvalue weighted by atomic mass is 16.5. The highest BCUT2D eigenvalue weighted by molar-refractivity contribution is 5.98. The molecule has 1 aliphatic carbocycles. The number of aromatic nitrogens is 2. The average molecular weight is 295 g/mol. The number of aryl methyl sites for hydroxylation is 1. The van der Waals surface area contributed by atoms with Crippen molar-refractivity contribution in [2.45, 2.75) is 32.1 Å². The molecule has 2 heterocycles. The number of nitrogens with one attached hydrogen (secondary N) is 1. The molecule has 0 radical (unpaired) electrons. The number of anilines is 1. The molecule has 5 nitrogen and oxygen atoms in total. The first-order chi connectivity index (χ1) is 10.6. The summed E-state index contributed by atoms with van der Waals surface area (Å²) in [6, 6.07) is 9.45. The molecule has 1 fully saturated rings.